The fourth-order valence-corrected chi connectivity index (χ4v) is 2.14. The topological polar surface area (TPSA) is 69.9 Å². The summed E-state index contributed by atoms with van der Waals surface area (Å²) in [7, 11) is 0. The highest BCUT2D eigenvalue weighted by Crippen LogP contribution is 2.13. The number of aromatic nitrogens is 4. The van der Waals surface area contributed by atoms with Crippen LogP contribution in [0.25, 0.3) is 0 Å². The lowest BCUT2D eigenvalue weighted by Gasteiger charge is -2.06. The predicted octanol–water partition coefficient (Wildman–Crippen LogP) is 2.61. The van der Waals surface area contributed by atoms with Gasteiger partial charge in [-0.05, 0) is 40.4 Å². The summed E-state index contributed by atoms with van der Waals surface area (Å²) in [5.74, 6) is -0.142. The van der Waals surface area contributed by atoms with Gasteiger partial charge in [0.2, 0.25) is 0 Å². The molecule has 6 nitrogen and oxygen atoms in total. The maximum Gasteiger partial charge on any atom is 0.360 e. The van der Waals surface area contributed by atoms with Gasteiger partial charge in [0, 0.05) is 16.9 Å². The van der Waals surface area contributed by atoms with E-state index < -0.39 is 5.97 Å². The van der Waals surface area contributed by atoms with E-state index in [-0.39, 0.29) is 11.6 Å². The molecule has 7 heteroatoms. The zero-order valence-corrected chi connectivity index (χ0v) is 13.8. The van der Waals surface area contributed by atoms with Crippen molar-refractivity contribution in [2.45, 2.75) is 27.3 Å². The Labute approximate surface area is 131 Å². The van der Waals surface area contributed by atoms with Gasteiger partial charge in [-0.1, -0.05) is 19.1 Å². The zero-order valence-electron chi connectivity index (χ0n) is 12.2. The molecule has 0 bridgehead atoms. The summed E-state index contributed by atoms with van der Waals surface area (Å²) in [6, 6.07) is 1.95. The van der Waals surface area contributed by atoms with Crippen LogP contribution in [-0.2, 0) is 11.3 Å². The third-order valence-corrected chi connectivity index (χ3v) is 3.25. The van der Waals surface area contributed by atoms with E-state index in [9.17, 15) is 4.79 Å². The minimum absolute atomic E-state index is 0.263. The molecular formula is C14H17BrN4O2. The Bertz CT molecular complexity index is 640. The molecule has 0 aliphatic carbocycles. The van der Waals surface area contributed by atoms with Crippen molar-refractivity contribution < 1.29 is 9.53 Å². The second-order valence-electron chi connectivity index (χ2n) is 5.18. The van der Waals surface area contributed by atoms with Crippen molar-refractivity contribution in [3.05, 3.63) is 39.9 Å². The van der Waals surface area contributed by atoms with E-state index in [1.807, 2.05) is 19.9 Å². The first-order chi connectivity index (χ1) is 9.97. The average Bonchev–Trinajstić information content (AvgIpc) is 2.78. The summed E-state index contributed by atoms with van der Waals surface area (Å²) in [6.07, 6.45) is 3.47. The number of ether oxygens (including phenoxy) is 1. The normalized spacial score (nSPS) is 10.9. The average molecular weight is 353 g/mol. The van der Waals surface area contributed by atoms with E-state index in [0.29, 0.717) is 18.8 Å². The monoisotopic (exact) mass is 352 g/mol. The third kappa shape index (κ3) is 4.10. The van der Waals surface area contributed by atoms with E-state index in [2.05, 4.69) is 31.2 Å². The van der Waals surface area contributed by atoms with Gasteiger partial charge in [-0.3, -0.25) is 4.98 Å². The number of carbonyl (C=O) groups is 1. The number of pyridine rings is 1. The second-order valence-corrected chi connectivity index (χ2v) is 6.10. The molecular weight excluding hydrogens is 336 g/mol. The van der Waals surface area contributed by atoms with E-state index in [0.717, 1.165) is 10.0 Å². The van der Waals surface area contributed by atoms with Crippen molar-refractivity contribution >= 4 is 21.9 Å². The highest BCUT2D eigenvalue weighted by molar-refractivity contribution is 9.10. The molecule has 0 aromatic carbocycles. The van der Waals surface area contributed by atoms with Crippen molar-refractivity contribution in [1.82, 2.24) is 20.0 Å². The molecule has 2 aromatic heterocycles. The lowest BCUT2D eigenvalue weighted by Crippen LogP contribution is -2.12. The van der Waals surface area contributed by atoms with Gasteiger partial charge in [0.25, 0.3) is 0 Å². The van der Waals surface area contributed by atoms with E-state index in [1.54, 1.807) is 24.0 Å². The number of nitrogens with zero attached hydrogens (tertiary/aromatic N) is 4. The Morgan fingerprint density at radius 2 is 2.19 bits per heavy atom. The van der Waals surface area contributed by atoms with Gasteiger partial charge in [0.05, 0.1) is 18.8 Å². The zero-order chi connectivity index (χ0) is 15.4. The van der Waals surface area contributed by atoms with Gasteiger partial charge in [-0.15, -0.1) is 5.10 Å². The number of esters is 1. The highest BCUT2D eigenvalue weighted by Gasteiger charge is 2.18. The molecule has 0 radical (unpaired) electrons. The van der Waals surface area contributed by atoms with Crippen molar-refractivity contribution in [1.29, 1.82) is 0 Å². The number of hydrogen-bond acceptors (Lipinski definition) is 5. The Morgan fingerprint density at radius 3 is 2.86 bits per heavy atom. The lowest BCUT2D eigenvalue weighted by atomic mass is 10.2. The summed E-state index contributed by atoms with van der Waals surface area (Å²) in [6.45, 7) is 6.65. The summed E-state index contributed by atoms with van der Waals surface area (Å²) in [5, 5.41) is 7.93. The second kappa shape index (κ2) is 6.80. The molecule has 21 heavy (non-hydrogen) atoms. The van der Waals surface area contributed by atoms with Crippen molar-refractivity contribution in [2.24, 2.45) is 5.92 Å². The Hall–Kier alpha value is -1.76. The van der Waals surface area contributed by atoms with Gasteiger partial charge in [0.15, 0.2) is 5.69 Å². The van der Waals surface area contributed by atoms with Crippen molar-refractivity contribution in [3.8, 4) is 0 Å². The molecule has 2 rings (SSSR count). The number of rotatable bonds is 5. The summed E-state index contributed by atoms with van der Waals surface area (Å²) in [4.78, 5) is 16.0. The molecule has 0 unspecified atom stereocenters. The van der Waals surface area contributed by atoms with Crippen LogP contribution in [-0.4, -0.2) is 32.6 Å². The Morgan fingerprint density at radius 1 is 1.43 bits per heavy atom. The summed E-state index contributed by atoms with van der Waals surface area (Å²) < 4.78 is 7.74. The van der Waals surface area contributed by atoms with Crippen LogP contribution in [0, 0.1) is 12.8 Å². The van der Waals surface area contributed by atoms with Gasteiger partial charge >= 0.3 is 5.97 Å². The summed E-state index contributed by atoms with van der Waals surface area (Å²) in [5.41, 5.74) is 1.92. The van der Waals surface area contributed by atoms with Crippen LogP contribution in [0.4, 0.5) is 0 Å². The number of hydrogen-bond donors (Lipinski definition) is 0. The number of halogens is 1. The SMILES string of the molecule is Cc1c(C(=O)OCC(C)C)nnn1Cc1cncc(Br)c1. The molecule has 0 aliphatic heterocycles. The lowest BCUT2D eigenvalue weighted by molar-refractivity contribution is 0.0451. The Balaban J connectivity index is 2.11. The Kier molecular flexibility index (Phi) is 5.06. The smallest absolute Gasteiger partial charge is 0.360 e. The van der Waals surface area contributed by atoms with Gasteiger partial charge in [-0.2, -0.15) is 0 Å². The van der Waals surface area contributed by atoms with Crippen LogP contribution in [0.2, 0.25) is 0 Å². The standard InChI is InChI=1S/C14H17BrN4O2/c1-9(2)8-21-14(20)13-10(3)19(18-17-13)7-11-4-12(15)6-16-5-11/h4-6,9H,7-8H2,1-3H3. The molecule has 2 aromatic rings. The van der Waals surface area contributed by atoms with Crippen molar-refractivity contribution in [3.63, 3.8) is 0 Å². The largest absolute Gasteiger partial charge is 0.461 e. The highest BCUT2D eigenvalue weighted by atomic mass is 79.9. The molecule has 0 atom stereocenters. The fraction of sp³-hybridized carbons (Fsp3) is 0.429. The van der Waals surface area contributed by atoms with Gasteiger partial charge in [-0.25, -0.2) is 9.48 Å². The van der Waals surface area contributed by atoms with Crippen molar-refractivity contribution in [2.75, 3.05) is 6.61 Å². The quantitative estimate of drug-likeness (QED) is 0.773. The fourth-order valence-electron chi connectivity index (χ4n) is 1.73. The van der Waals surface area contributed by atoms with Crippen LogP contribution in [0.1, 0.15) is 35.6 Å². The van der Waals surface area contributed by atoms with Gasteiger partial charge in [0.1, 0.15) is 0 Å². The van der Waals surface area contributed by atoms with E-state index >= 15 is 0 Å². The first-order valence-electron chi connectivity index (χ1n) is 6.64. The molecule has 0 spiro atoms. The number of carbonyl (C=O) groups excluding carboxylic acids is 1. The minimum Gasteiger partial charge on any atom is -0.461 e. The molecule has 0 aliphatic rings. The van der Waals surface area contributed by atoms with Crippen LogP contribution >= 0.6 is 15.9 Å². The van der Waals surface area contributed by atoms with Gasteiger partial charge < -0.3 is 4.74 Å². The third-order valence-electron chi connectivity index (χ3n) is 2.82. The molecule has 0 saturated heterocycles. The molecule has 0 fully saturated rings. The molecule has 0 N–H and O–H groups in total. The maximum absolute atomic E-state index is 11.9. The maximum atomic E-state index is 11.9. The first-order valence-corrected chi connectivity index (χ1v) is 7.43. The first kappa shape index (κ1) is 15.6. The summed E-state index contributed by atoms with van der Waals surface area (Å²) >= 11 is 3.37. The molecule has 0 saturated carbocycles. The van der Waals surface area contributed by atoms with E-state index in [4.69, 9.17) is 4.74 Å². The van der Waals surface area contributed by atoms with E-state index in [1.165, 1.54) is 0 Å². The van der Waals surface area contributed by atoms with Crippen LogP contribution in [0.15, 0.2) is 22.9 Å². The van der Waals surface area contributed by atoms with Crippen LogP contribution < -0.4 is 0 Å². The van der Waals surface area contributed by atoms with Crippen LogP contribution in [0.5, 0.6) is 0 Å². The minimum atomic E-state index is -0.431. The predicted molar refractivity (Wildman–Crippen MR) is 80.9 cm³/mol. The van der Waals surface area contributed by atoms with Crippen LogP contribution in [0.3, 0.4) is 0 Å². The molecule has 0 amide bonds. The molecule has 112 valence electrons. The molecule has 2 heterocycles.